The number of nitrogens with one attached hydrogen (secondary N) is 2. The van der Waals surface area contributed by atoms with Gasteiger partial charge in [-0.25, -0.2) is 4.79 Å². The number of halogens is 3. The first-order valence-corrected chi connectivity index (χ1v) is 5.62. The summed E-state index contributed by atoms with van der Waals surface area (Å²) in [5.41, 5.74) is 0. The number of unbranched alkanes of at least 4 members (excludes halogenated alkanes) is 1. The van der Waals surface area contributed by atoms with Gasteiger partial charge in [0.15, 0.2) is 0 Å². The summed E-state index contributed by atoms with van der Waals surface area (Å²) in [4.78, 5) is 10.9. The first kappa shape index (κ1) is 16.0. The van der Waals surface area contributed by atoms with Gasteiger partial charge in [-0.2, -0.15) is 13.2 Å². The fourth-order valence-electron chi connectivity index (χ4n) is 0.968. The van der Waals surface area contributed by atoms with E-state index in [0.717, 1.165) is 12.8 Å². The number of hydrogen-bond donors (Lipinski definition) is 2. The third-order valence-electron chi connectivity index (χ3n) is 1.84. The van der Waals surface area contributed by atoms with Gasteiger partial charge in [-0.05, 0) is 12.8 Å². The maximum absolute atomic E-state index is 11.7. The van der Waals surface area contributed by atoms with Gasteiger partial charge in [0.2, 0.25) is 0 Å². The molecule has 0 heterocycles. The van der Waals surface area contributed by atoms with Crippen LogP contribution in [0.2, 0.25) is 0 Å². The average molecular weight is 256 g/mol. The zero-order chi connectivity index (χ0) is 13.1. The van der Waals surface area contributed by atoms with Crippen molar-refractivity contribution in [3.05, 3.63) is 0 Å². The molecule has 0 bridgehead atoms. The molecule has 17 heavy (non-hydrogen) atoms. The van der Waals surface area contributed by atoms with Crippen molar-refractivity contribution < 1.29 is 22.7 Å². The van der Waals surface area contributed by atoms with E-state index in [1.54, 1.807) is 5.32 Å². The monoisotopic (exact) mass is 256 g/mol. The SMILES string of the molecule is CCCCOCCCNC(=O)NCC(F)(F)F. The molecule has 0 unspecified atom stereocenters. The maximum atomic E-state index is 11.7. The second-order valence-corrected chi connectivity index (χ2v) is 3.54. The van der Waals surface area contributed by atoms with Gasteiger partial charge >= 0.3 is 12.2 Å². The summed E-state index contributed by atoms with van der Waals surface area (Å²) < 4.78 is 40.4. The number of rotatable bonds is 8. The molecule has 0 spiro atoms. The van der Waals surface area contributed by atoms with Gasteiger partial charge in [-0.3, -0.25) is 0 Å². The van der Waals surface area contributed by atoms with Crippen LogP contribution in [-0.4, -0.2) is 38.5 Å². The van der Waals surface area contributed by atoms with Crippen LogP contribution in [0.1, 0.15) is 26.2 Å². The molecule has 4 nitrogen and oxygen atoms in total. The molecule has 0 saturated heterocycles. The van der Waals surface area contributed by atoms with Crippen LogP contribution in [0.15, 0.2) is 0 Å². The molecular weight excluding hydrogens is 237 g/mol. The summed E-state index contributed by atoms with van der Waals surface area (Å²) in [6, 6.07) is -0.809. The fraction of sp³-hybridized carbons (Fsp3) is 0.900. The van der Waals surface area contributed by atoms with Crippen LogP contribution >= 0.6 is 0 Å². The van der Waals surface area contributed by atoms with E-state index in [1.807, 2.05) is 0 Å². The standard InChI is InChI=1S/C10H19F3N2O2/c1-2-3-6-17-7-4-5-14-9(16)15-8-10(11,12)13/h2-8H2,1H3,(H2,14,15,16). The second kappa shape index (κ2) is 9.09. The zero-order valence-corrected chi connectivity index (χ0v) is 9.90. The zero-order valence-electron chi connectivity index (χ0n) is 9.90. The molecule has 0 aromatic rings. The molecule has 0 fully saturated rings. The Labute approximate surface area is 98.9 Å². The normalized spacial score (nSPS) is 11.3. The molecule has 0 saturated carbocycles. The van der Waals surface area contributed by atoms with E-state index < -0.39 is 18.8 Å². The second-order valence-electron chi connectivity index (χ2n) is 3.54. The Morgan fingerprint density at radius 3 is 2.41 bits per heavy atom. The highest BCUT2D eigenvalue weighted by molar-refractivity contribution is 5.73. The molecule has 102 valence electrons. The van der Waals surface area contributed by atoms with Crippen molar-refractivity contribution in [3.8, 4) is 0 Å². The average Bonchev–Trinajstić information content (AvgIpc) is 2.24. The first-order chi connectivity index (χ1) is 7.95. The highest BCUT2D eigenvalue weighted by Gasteiger charge is 2.27. The summed E-state index contributed by atoms with van der Waals surface area (Å²) in [5, 5.41) is 4.03. The van der Waals surface area contributed by atoms with Crippen LogP contribution < -0.4 is 10.6 Å². The molecule has 7 heteroatoms. The summed E-state index contributed by atoms with van der Waals surface area (Å²) >= 11 is 0. The topological polar surface area (TPSA) is 50.4 Å². The minimum absolute atomic E-state index is 0.301. The van der Waals surface area contributed by atoms with Crippen molar-refractivity contribution in [2.45, 2.75) is 32.4 Å². The van der Waals surface area contributed by atoms with E-state index in [2.05, 4.69) is 12.2 Å². The van der Waals surface area contributed by atoms with E-state index in [-0.39, 0.29) is 0 Å². The lowest BCUT2D eigenvalue weighted by atomic mass is 10.4. The van der Waals surface area contributed by atoms with Crippen LogP contribution in [0.5, 0.6) is 0 Å². The smallest absolute Gasteiger partial charge is 0.381 e. The van der Waals surface area contributed by atoms with E-state index in [9.17, 15) is 18.0 Å². The molecule has 0 aliphatic heterocycles. The molecule has 0 aromatic carbocycles. The van der Waals surface area contributed by atoms with E-state index in [0.29, 0.717) is 26.2 Å². The van der Waals surface area contributed by atoms with Crippen molar-refractivity contribution in [3.63, 3.8) is 0 Å². The Balaban J connectivity index is 3.28. The van der Waals surface area contributed by atoms with Gasteiger partial charge in [0, 0.05) is 19.8 Å². The molecule has 0 radical (unpaired) electrons. The van der Waals surface area contributed by atoms with Crippen LogP contribution in [-0.2, 0) is 4.74 Å². The van der Waals surface area contributed by atoms with Gasteiger partial charge in [-0.15, -0.1) is 0 Å². The third-order valence-corrected chi connectivity index (χ3v) is 1.84. The largest absolute Gasteiger partial charge is 0.405 e. The van der Waals surface area contributed by atoms with Crippen molar-refractivity contribution >= 4 is 6.03 Å². The van der Waals surface area contributed by atoms with Gasteiger partial charge < -0.3 is 15.4 Å². The number of ether oxygens (including phenoxy) is 1. The van der Waals surface area contributed by atoms with Crippen LogP contribution in [0.3, 0.4) is 0 Å². The van der Waals surface area contributed by atoms with Crippen LogP contribution in [0.4, 0.5) is 18.0 Å². The summed E-state index contributed by atoms with van der Waals surface area (Å²) in [6.07, 6.45) is -1.75. The van der Waals surface area contributed by atoms with Crippen molar-refractivity contribution in [1.29, 1.82) is 0 Å². The molecular formula is C10H19F3N2O2. The Hall–Kier alpha value is -0.980. The number of hydrogen-bond acceptors (Lipinski definition) is 2. The Morgan fingerprint density at radius 1 is 1.18 bits per heavy atom. The van der Waals surface area contributed by atoms with E-state index in [4.69, 9.17) is 4.74 Å². The molecule has 0 rings (SSSR count). The maximum Gasteiger partial charge on any atom is 0.405 e. The van der Waals surface area contributed by atoms with E-state index >= 15 is 0 Å². The fourth-order valence-corrected chi connectivity index (χ4v) is 0.968. The third kappa shape index (κ3) is 13.0. The summed E-state index contributed by atoms with van der Waals surface area (Å²) in [7, 11) is 0. The Kier molecular flexibility index (Phi) is 8.57. The molecule has 2 amide bonds. The predicted octanol–water partition coefficient (Wildman–Crippen LogP) is 2.05. The Morgan fingerprint density at radius 2 is 1.82 bits per heavy atom. The van der Waals surface area contributed by atoms with Crippen molar-refractivity contribution in [1.82, 2.24) is 10.6 Å². The molecule has 0 aliphatic rings. The number of urea groups is 1. The van der Waals surface area contributed by atoms with Crippen molar-refractivity contribution in [2.75, 3.05) is 26.3 Å². The quantitative estimate of drug-likeness (QED) is 0.653. The Bertz CT molecular complexity index is 210. The van der Waals surface area contributed by atoms with Gasteiger partial charge in [-0.1, -0.05) is 13.3 Å². The van der Waals surface area contributed by atoms with Crippen LogP contribution in [0.25, 0.3) is 0 Å². The van der Waals surface area contributed by atoms with Crippen LogP contribution in [0, 0.1) is 0 Å². The molecule has 0 aliphatic carbocycles. The molecule has 2 N–H and O–H groups in total. The number of carbonyl (C=O) groups is 1. The number of carbonyl (C=O) groups excluding carboxylic acids is 1. The highest BCUT2D eigenvalue weighted by Crippen LogP contribution is 2.11. The summed E-state index contributed by atoms with van der Waals surface area (Å²) in [6.45, 7) is 2.22. The molecule has 0 atom stereocenters. The number of amides is 2. The minimum Gasteiger partial charge on any atom is -0.381 e. The lowest BCUT2D eigenvalue weighted by Gasteiger charge is -2.09. The lowest BCUT2D eigenvalue weighted by Crippen LogP contribution is -2.41. The number of alkyl halides is 3. The van der Waals surface area contributed by atoms with Gasteiger partial charge in [0.05, 0.1) is 0 Å². The van der Waals surface area contributed by atoms with Gasteiger partial charge in [0.1, 0.15) is 6.54 Å². The lowest BCUT2D eigenvalue weighted by molar-refractivity contribution is -0.122. The van der Waals surface area contributed by atoms with E-state index in [1.165, 1.54) is 0 Å². The minimum atomic E-state index is -4.37. The summed E-state index contributed by atoms with van der Waals surface area (Å²) in [5.74, 6) is 0. The molecule has 0 aromatic heterocycles. The predicted molar refractivity (Wildman–Crippen MR) is 57.8 cm³/mol. The first-order valence-electron chi connectivity index (χ1n) is 5.62. The van der Waals surface area contributed by atoms with Crippen molar-refractivity contribution in [2.24, 2.45) is 0 Å². The highest BCUT2D eigenvalue weighted by atomic mass is 19.4. The van der Waals surface area contributed by atoms with Gasteiger partial charge in [0.25, 0.3) is 0 Å².